The zero-order chi connectivity index (χ0) is 14.3. The van der Waals surface area contributed by atoms with Crippen molar-refractivity contribution in [1.82, 2.24) is 9.88 Å². The Labute approximate surface area is 114 Å². The van der Waals surface area contributed by atoms with Gasteiger partial charge in [0.2, 0.25) is 0 Å². The summed E-state index contributed by atoms with van der Waals surface area (Å²) in [7, 11) is 3.42. The number of aliphatic hydroxyl groups excluding tert-OH is 1. The summed E-state index contributed by atoms with van der Waals surface area (Å²) >= 11 is 0. The molecule has 1 N–H and O–H groups in total. The fourth-order valence-electron chi connectivity index (χ4n) is 1.80. The van der Waals surface area contributed by atoms with Crippen LogP contribution in [0.4, 0.5) is 5.69 Å². The fourth-order valence-corrected chi connectivity index (χ4v) is 1.80. The highest BCUT2D eigenvalue weighted by Gasteiger charge is 2.12. The molecule has 0 aliphatic carbocycles. The van der Waals surface area contributed by atoms with E-state index in [2.05, 4.69) is 16.8 Å². The molecule has 1 heterocycles. The van der Waals surface area contributed by atoms with Crippen molar-refractivity contribution >= 4 is 11.6 Å². The highest BCUT2D eigenvalue weighted by atomic mass is 16.3. The summed E-state index contributed by atoms with van der Waals surface area (Å²) in [6, 6.07) is 3.66. The molecule has 0 fully saturated rings. The molecular weight excluding hydrogens is 242 g/mol. The molecule has 1 amide bonds. The van der Waals surface area contributed by atoms with E-state index in [0.717, 1.165) is 25.1 Å². The maximum Gasteiger partial charge on any atom is 0.272 e. The molecule has 0 spiro atoms. The van der Waals surface area contributed by atoms with Crippen LogP contribution >= 0.6 is 0 Å². The molecule has 0 unspecified atom stereocenters. The molecule has 0 aromatic carbocycles. The van der Waals surface area contributed by atoms with E-state index in [9.17, 15) is 4.79 Å². The minimum atomic E-state index is -0.110. The number of nitrogens with zero attached hydrogens (tertiary/aromatic N) is 3. The van der Waals surface area contributed by atoms with E-state index in [4.69, 9.17) is 5.11 Å². The van der Waals surface area contributed by atoms with Crippen LogP contribution in [0, 0.1) is 0 Å². The van der Waals surface area contributed by atoms with Crippen molar-refractivity contribution in [3.8, 4) is 0 Å². The highest BCUT2D eigenvalue weighted by Crippen LogP contribution is 2.16. The summed E-state index contributed by atoms with van der Waals surface area (Å²) in [6.07, 6.45) is 3.79. The molecule has 5 nitrogen and oxygen atoms in total. The fraction of sp³-hybridized carbons (Fsp3) is 0.571. The van der Waals surface area contributed by atoms with Crippen molar-refractivity contribution in [3.05, 3.63) is 24.0 Å². The number of unbranched alkanes of at least 4 members (excludes halogenated alkanes) is 1. The minimum Gasteiger partial charge on any atom is -0.395 e. The molecule has 0 bridgehead atoms. The first-order valence-corrected chi connectivity index (χ1v) is 6.63. The Morgan fingerprint density at radius 1 is 1.37 bits per heavy atom. The van der Waals surface area contributed by atoms with Gasteiger partial charge in [0.15, 0.2) is 0 Å². The number of anilines is 1. The molecule has 1 aromatic rings. The third kappa shape index (κ3) is 4.52. The molecule has 0 saturated heterocycles. The smallest absolute Gasteiger partial charge is 0.272 e. The van der Waals surface area contributed by atoms with Crippen LogP contribution in [0.1, 0.15) is 30.3 Å². The van der Waals surface area contributed by atoms with Crippen LogP contribution in [0.15, 0.2) is 18.3 Å². The van der Waals surface area contributed by atoms with E-state index >= 15 is 0 Å². The zero-order valence-corrected chi connectivity index (χ0v) is 12.0. The van der Waals surface area contributed by atoms with Crippen LogP contribution in [0.2, 0.25) is 0 Å². The lowest BCUT2D eigenvalue weighted by atomic mass is 10.2. The van der Waals surface area contributed by atoms with Crippen LogP contribution in [-0.2, 0) is 0 Å². The number of hydrogen-bond donors (Lipinski definition) is 1. The lowest BCUT2D eigenvalue weighted by Gasteiger charge is -2.24. The lowest BCUT2D eigenvalue weighted by Crippen LogP contribution is -2.28. The molecule has 5 heteroatoms. The van der Waals surface area contributed by atoms with Crippen molar-refractivity contribution in [2.45, 2.75) is 19.8 Å². The Kier molecular flexibility index (Phi) is 6.29. The van der Waals surface area contributed by atoms with E-state index < -0.39 is 0 Å². The predicted octanol–water partition coefficient (Wildman–Crippen LogP) is 1.38. The Balaban J connectivity index is 2.90. The van der Waals surface area contributed by atoms with Crippen molar-refractivity contribution in [1.29, 1.82) is 0 Å². The maximum absolute atomic E-state index is 11.9. The van der Waals surface area contributed by atoms with Crippen molar-refractivity contribution < 1.29 is 9.90 Å². The average Bonchev–Trinajstić information content (AvgIpc) is 2.42. The molecule has 0 saturated carbocycles. The first-order valence-electron chi connectivity index (χ1n) is 6.63. The van der Waals surface area contributed by atoms with Crippen LogP contribution in [0.3, 0.4) is 0 Å². The Hall–Kier alpha value is -1.62. The van der Waals surface area contributed by atoms with E-state index in [0.29, 0.717) is 12.2 Å². The molecule has 0 aliphatic rings. The number of hydrogen-bond acceptors (Lipinski definition) is 4. The minimum absolute atomic E-state index is 0.100. The molecule has 0 atom stereocenters. The first-order chi connectivity index (χ1) is 9.10. The number of carbonyl (C=O) groups is 1. The average molecular weight is 265 g/mol. The summed E-state index contributed by atoms with van der Waals surface area (Å²) in [5.74, 6) is -0.110. The normalized spacial score (nSPS) is 10.3. The van der Waals surface area contributed by atoms with Crippen LogP contribution in [-0.4, -0.2) is 54.7 Å². The van der Waals surface area contributed by atoms with Gasteiger partial charge in [0.25, 0.3) is 5.91 Å². The second kappa shape index (κ2) is 7.74. The zero-order valence-electron chi connectivity index (χ0n) is 12.0. The second-order valence-electron chi connectivity index (χ2n) is 4.66. The number of aliphatic hydroxyl groups is 1. The second-order valence-corrected chi connectivity index (χ2v) is 4.66. The number of pyridine rings is 1. The van der Waals surface area contributed by atoms with Gasteiger partial charge in [-0.25, -0.2) is 0 Å². The summed E-state index contributed by atoms with van der Waals surface area (Å²) in [5.41, 5.74) is 1.37. The number of rotatable bonds is 7. The standard InChI is InChI=1S/C14H23N3O2/c1-4-5-8-17(9-10-18)12-6-7-15-13(11-12)14(19)16(2)3/h6-7,11,18H,4-5,8-10H2,1-3H3. The number of carbonyl (C=O) groups excluding carboxylic acids is 1. The Morgan fingerprint density at radius 2 is 2.11 bits per heavy atom. The highest BCUT2D eigenvalue weighted by molar-refractivity contribution is 5.92. The SMILES string of the molecule is CCCCN(CCO)c1ccnc(C(=O)N(C)C)c1. The summed E-state index contributed by atoms with van der Waals surface area (Å²) in [5, 5.41) is 9.13. The van der Waals surface area contributed by atoms with Crippen molar-refractivity contribution in [3.63, 3.8) is 0 Å². The third-order valence-electron chi connectivity index (χ3n) is 2.89. The van der Waals surface area contributed by atoms with Gasteiger partial charge >= 0.3 is 0 Å². The molecule has 0 aliphatic heterocycles. The summed E-state index contributed by atoms with van der Waals surface area (Å²) in [4.78, 5) is 19.6. The van der Waals surface area contributed by atoms with Gasteiger partial charge < -0.3 is 14.9 Å². The van der Waals surface area contributed by atoms with Crippen LogP contribution in [0.5, 0.6) is 0 Å². The van der Waals surface area contributed by atoms with Gasteiger partial charge in [0.05, 0.1) is 6.61 Å². The van der Waals surface area contributed by atoms with E-state index in [1.165, 1.54) is 4.90 Å². The van der Waals surface area contributed by atoms with E-state index in [1.807, 2.05) is 6.07 Å². The van der Waals surface area contributed by atoms with Gasteiger partial charge in [-0.2, -0.15) is 0 Å². The van der Waals surface area contributed by atoms with Gasteiger partial charge in [-0.3, -0.25) is 9.78 Å². The van der Waals surface area contributed by atoms with Crippen molar-refractivity contribution in [2.75, 3.05) is 38.7 Å². The van der Waals surface area contributed by atoms with Gasteiger partial charge in [-0.1, -0.05) is 13.3 Å². The lowest BCUT2D eigenvalue weighted by molar-refractivity contribution is 0.0822. The molecule has 1 aromatic heterocycles. The van der Waals surface area contributed by atoms with E-state index in [1.54, 1.807) is 26.4 Å². The third-order valence-corrected chi connectivity index (χ3v) is 2.89. The Morgan fingerprint density at radius 3 is 2.68 bits per heavy atom. The van der Waals surface area contributed by atoms with E-state index in [-0.39, 0.29) is 12.5 Å². The summed E-state index contributed by atoms with van der Waals surface area (Å²) < 4.78 is 0. The molecule has 0 radical (unpaired) electrons. The molecule has 1 rings (SSSR count). The van der Waals surface area contributed by atoms with Gasteiger partial charge in [-0.15, -0.1) is 0 Å². The molecular formula is C14H23N3O2. The Bertz CT molecular complexity index is 407. The maximum atomic E-state index is 11.9. The quantitative estimate of drug-likeness (QED) is 0.809. The topological polar surface area (TPSA) is 56.7 Å². The predicted molar refractivity (Wildman–Crippen MR) is 76.5 cm³/mol. The number of aromatic nitrogens is 1. The van der Waals surface area contributed by atoms with Gasteiger partial charge in [0, 0.05) is 39.1 Å². The van der Waals surface area contributed by atoms with Crippen LogP contribution < -0.4 is 4.90 Å². The molecule has 106 valence electrons. The monoisotopic (exact) mass is 265 g/mol. The first kappa shape index (κ1) is 15.4. The molecule has 19 heavy (non-hydrogen) atoms. The van der Waals surface area contributed by atoms with Crippen molar-refractivity contribution in [2.24, 2.45) is 0 Å². The largest absolute Gasteiger partial charge is 0.395 e. The van der Waals surface area contributed by atoms with Gasteiger partial charge in [0.1, 0.15) is 5.69 Å². The summed E-state index contributed by atoms with van der Waals surface area (Å²) in [6.45, 7) is 3.67. The van der Waals surface area contributed by atoms with Gasteiger partial charge in [-0.05, 0) is 18.6 Å². The number of amides is 1. The van der Waals surface area contributed by atoms with Crippen LogP contribution in [0.25, 0.3) is 0 Å².